The summed E-state index contributed by atoms with van der Waals surface area (Å²) < 4.78 is 34.1. The minimum Gasteiger partial charge on any atom is -0.496 e. The lowest BCUT2D eigenvalue weighted by Gasteiger charge is -2.34. The maximum atomic E-state index is 13.5. The quantitative estimate of drug-likeness (QED) is 0.546. The molecular weight excluding hydrogens is 442 g/mol. The maximum absolute atomic E-state index is 13.5. The molecule has 1 saturated heterocycles. The van der Waals surface area contributed by atoms with E-state index in [0.717, 1.165) is 44.4 Å². The van der Waals surface area contributed by atoms with Gasteiger partial charge in [0, 0.05) is 37.1 Å². The van der Waals surface area contributed by atoms with Crippen molar-refractivity contribution in [3.8, 4) is 17.0 Å². The Morgan fingerprint density at radius 2 is 1.59 bits per heavy atom. The molecule has 8 heteroatoms. The van der Waals surface area contributed by atoms with E-state index >= 15 is 0 Å². The molecule has 170 valence electrons. The van der Waals surface area contributed by atoms with Gasteiger partial charge in [-0.25, -0.2) is 13.4 Å². The van der Waals surface area contributed by atoms with Gasteiger partial charge in [-0.3, -0.25) is 0 Å². The minimum atomic E-state index is -3.55. The first-order chi connectivity index (χ1) is 15.2. The van der Waals surface area contributed by atoms with Gasteiger partial charge in [-0.15, -0.1) is 11.3 Å². The Labute approximate surface area is 194 Å². The van der Waals surface area contributed by atoms with Crippen LogP contribution in [0.5, 0.6) is 5.75 Å². The maximum Gasteiger partial charge on any atom is 0.243 e. The molecule has 0 amide bonds. The van der Waals surface area contributed by atoms with E-state index in [1.165, 1.54) is 0 Å². The standard InChI is InChI=1S/C24H29N3O3S2/c1-16-14-17(2)19(4)23(18(16)3)32(28,29)27-12-10-26(11-13-27)24-25-21(15-31-24)20-8-6-7-9-22(20)30-5/h6-9,14-15H,10-13H2,1-5H3. The van der Waals surface area contributed by atoms with Crippen LogP contribution in [-0.4, -0.2) is 51.0 Å². The van der Waals surface area contributed by atoms with Crippen molar-refractivity contribution in [1.29, 1.82) is 0 Å². The highest BCUT2D eigenvalue weighted by molar-refractivity contribution is 7.89. The number of hydrogen-bond donors (Lipinski definition) is 0. The van der Waals surface area contributed by atoms with Gasteiger partial charge in [-0.1, -0.05) is 18.2 Å². The third-order valence-electron chi connectivity index (χ3n) is 6.28. The number of aromatic nitrogens is 1. The van der Waals surface area contributed by atoms with Gasteiger partial charge in [0.25, 0.3) is 0 Å². The van der Waals surface area contributed by atoms with Crippen LogP contribution in [0.2, 0.25) is 0 Å². The molecule has 0 N–H and O–H groups in total. The molecule has 3 aromatic rings. The average Bonchev–Trinajstić information content (AvgIpc) is 3.28. The molecule has 4 rings (SSSR count). The fourth-order valence-corrected chi connectivity index (χ4v) is 7.08. The number of rotatable bonds is 5. The van der Waals surface area contributed by atoms with Gasteiger partial charge >= 0.3 is 0 Å². The number of aryl methyl sites for hydroxylation is 2. The molecule has 0 saturated carbocycles. The second-order valence-electron chi connectivity index (χ2n) is 8.20. The van der Waals surface area contributed by atoms with Gasteiger partial charge in [0.15, 0.2) is 5.13 Å². The Hall–Kier alpha value is -2.42. The molecule has 2 aromatic carbocycles. The Kier molecular flexibility index (Phi) is 6.29. The zero-order valence-corrected chi connectivity index (χ0v) is 20.8. The number of anilines is 1. The van der Waals surface area contributed by atoms with Crippen LogP contribution in [-0.2, 0) is 10.0 Å². The molecule has 2 heterocycles. The molecular formula is C24H29N3O3S2. The van der Waals surface area contributed by atoms with Crippen LogP contribution in [0.25, 0.3) is 11.3 Å². The Bertz CT molecular complexity index is 1220. The molecule has 0 atom stereocenters. The molecule has 0 unspecified atom stereocenters. The average molecular weight is 472 g/mol. The summed E-state index contributed by atoms with van der Waals surface area (Å²) in [4.78, 5) is 7.44. The molecule has 1 fully saturated rings. The van der Waals surface area contributed by atoms with E-state index in [2.05, 4.69) is 11.0 Å². The van der Waals surface area contributed by atoms with Crippen LogP contribution in [0.1, 0.15) is 22.3 Å². The SMILES string of the molecule is COc1ccccc1-c1csc(N2CCN(S(=O)(=O)c3c(C)c(C)cc(C)c3C)CC2)n1. The lowest BCUT2D eigenvalue weighted by Crippen LogP contribution is -2.49. The zero-order valence-electron chi connectivity index (χ0n) is 19.2. The van der Waals surface area contributed by atoms with Gasteiger partial charge in [0.1, 0.15) is 5.75 Å². The van der Waals surface area contributed by atoms with Crippen LogP contribution in [0.3, 0.4) is 0 Å². The zero-order chi connectivity index (χ0) is 23.0. The number of hydrogen-bond acceptors (Lipinski definition) is 6. The molecule has 0 radical (unpaired) electrons. The van der Waals surface area contributed by atoms with Gasteiger partial charge in [-0.05, 0) is 62.1 Å². The number of sulfonamides is 1. The molecule has 0 spiro atoms. The molecule has 0 bridgehead atoms. The number of para-hydroxylation sites is 1. The topological polar surface area (TPSA) is 62.7 Å². The van der Waals surface area contributed by atoms with E-state index in [4.69, 9.17) is 9.72 Å². The van der Waals surface area contributed by atoms with Gasteiger partial charge in [-0.2, -0.15) is 4.31 Å². The monoisotopic (exact) mass is 471 g/mol. The number of methoxy groups -OCH3 is 1. The van der Waals surface area contributed by atoms with Crippen molar-refractivity contribution in [2.45, 2.75) is 32.6 Å². The summed E-state index contributed by atoms with van der Waals surface area (Å²) in [6.45, 7) is 9.86. The number of benzene rings is 2. The summed E-state index contributed by atoms with van der Waals surface area (Å²) in [7, 11) is -1.89. The molecule has 1 aliphatic rings. The first-order valence-electron chi connectivity index (χ1n) is 10.7. The predicted octanol–water partition coefficient (Wildman–Crippen LogP) is 4.56. The van der Waals surface area contributed by atoms with Gasteiger partial charge < -0.3 is 9.64 Å². The highest BCUT2D eigenvalue weighted by Gasteiger charge is 2.32. The number of ether oxygens (including phenoxy) is 1. The molecule has 1 aromatic heterocycles. The largest absolute Gasteiger partial charge is 0.496 e. The predicted molar refractivity (Wildman–Crippen MR) is 130 cm³/mol. The second-order valence-corrected chi connectivity index (χ2v) is 10.9. The Balaban J connectivity index is 1.53. The Morgan fingerprint density at radius 3 is 2.22 bits per heavy atom. The lowest BCUT2D eigenvalue weighted by molar-refractivity contribution is 0.384. The fourth-order valence-electron chi connectivity index (χ4n) is 4.21. The van der Waals surface area contributed by atoms with Gasteiger partial charge in [0.05, 0.1) is 17.7 Å². The van der Waals surface area contributed by atoms with Crippen molar-refractivity contribution in [2.75, 3.05) is 38.2 Å². The van der Waals surface area contributed by atoms with E-state index in [1.807, 2.05) is 57.3 Å². The summed E-state index contributed by atoms with van der Waals surface area (Å²) in [5.74, 6) is 0.791. The van der Waals surface area contributed by atoms with Gasteiger partial charge in [0.2, 0.25) is 10.0 Å². The summed E-state index contributed by atoms with van der Waals surface area (Å²) in [5.41, 5.74) is 5.54. The van der Waals surface area contributed by atoms with Crippen LogP contribution < -0.4 is 9.64 Å². The van der Waals surface area contributed by atoms with Crippen molar-refractivity contribution < 1.29 is 13.2 Å². The van der Waals surface area contributed by atoms with Crippen LogP contribution in [0.15, 0.2) is 40.6 Å². The second kappa shape index (κ2) is 8.84. The van der Waals surface area contributed by atoms with E-state index in [-0.39, 0.29) is 0 Å². The van der Waals surface area contributed by atoms with E-state index < -0.39 is 10.0 Å². The van der Waals surface area contributed by atoms with E-state index in [0.29, 0.717) is 31.1 Å². The molecule has 1 aliphatic heterocycles. The van der Waals surface area contributed by atoms with Crippen molar-refractivity contribution in [3.63, 3.8) is 0 Å². The summed E-state index contributed by atoms with van der Waals surface area (Å²) in [6.07, 6.45) is 0. The lowest BCUT2D eigenvalue weighted by atomic mass is 10.0. The summed E-state index contributed by atoms with van der Waals surface area (Å²) in [5, 5.41) is 2.93. The molecule has 6 nitrogen and oxygen atoms in total. The number of nitrogens with zero attached hydrogens (tertiary/aromatic N) is 3. The van der Waals surface area contributed by atoms with Crippen LogP contribution >= 0.6 is 11.3 Å². The first-order valence-corrected chi connectivity index (χ1v) is 13.0. The van der Waals surface area contributed by atoms with Crippen molar-refractivity contribution >= 4 is 26.5 Å². The number of thiazole rings is 1. The molecule has 0 aliphatic carbocycles. The van der Waals surface area contributed by atoms with Crippen molar-refractivity contribution in [1.82, 2.24) is 9.29 Å². The highest BCUT2D eigenvalue weighted by Crippen LogP contribution is 2.34. The summed E-state index contributed by atoms with van der Waals surface area (Å²) in [6, 6.07) is 9.89. The van der Waals surface area contributed by atoms with Crippen LogP contribution in [0, 0.1) is 27.7 Å². The van der Waals surface area contributed by atoms with Crippen LogP contribution in [0.4, 0.5) is 5.13 Å². The number of piperazine rings is 1. The minimum absolute atomic E-state index is 0.442. The summed E-state index contributed by atoms with van der Waals surface area (Å²) >= 11 is 1.58. The molecule has 32 heavy (non-hydrogen) atoms. The van der Waals surface area contributed by atoms with Crippen molar-refractivity contribution in [2.24, 2.45) is 0 Å². The third-order valence-corrected chi connectivity index (χ3v) is 9.35. The fraction of sp³-hybridized carbons (Fsp3) is 0.375. The smallest absolute Gasteiger partial charge is 0.243 e. The first kappa shape index (κ1) is 22.8. The third kappa shape index (κ3) is 4.02. The normalized spacial score (nSPS) is 15.2. The van der Waals surface area contributed by atoms with Crippen molar-refractivity contribution in [3.05, 3.63) is 58.0 Å². The Morgan fingerprint density at radius 1 is 0.969 bits per heavy atom. The van der Waals surface area contributed by atoms with E-state index in [1.54, 1.807) is 22.8 Å². The van der Waals surface area contributed by atoms with E-state index in [9.17, 15) is 8.42 Å². The highest BCUT2D eigenvalue weighted by atomic mass is 32.2.